The van der Waals surface area contributed by atoms with Crippen LogP contribution in [0.5, 0.6) is 0 Å². The molecule has 0 radical (unpaired) electrons. The summed E-state index contributed by atoms with van der Waals surface area (Å²) in [5.41, 5.74) is 1.52. The zero-order valence-corrected chi connectivity index (χ0v) is 13.4. The Hall–Kier alpha value is -1.55. The molecule has 1 fully saturated rings. The van der Waals surface area contributed by atoms with Gasteiger partial charge in [0.15, 0.2) is 5.16 Å². The van der Waals surface area contributed by atoms with Crippen molar-refractivity contribution in [2.24, 2.45) is 0 Å². The number of piperidine rings is 1. The molecular formula is C17H21N3S. The molecule has 1 aliphatic rings. The lowest BCUT2D eigenvalue weighted by Gasteiger charge is -2.45. The van der Waals surface area contributed by atoms with Gasteiger partial charge in [-0.25, -0.2) is 9.97 Å². The number of anilines is 1. The number of hydrogen-bond acceptors (Lipinski definition) is 4. The minimum Gasteiger partial charge on any atom is -0.365 e. The Morgan fingerprint density at radius 3 is 2.57 bits per heavy atom. The summed E-state index contributed by atoms with van der Waals surface area (Å²) >= 11 is 1.64. The molecule has 0 bridgehead atoms. The Morgan fingerprint density at radius 2 is 1.81 bits per heavy atom. The van der Waals surface area contributed by atoms with Crippen LogP contribution in [-0.4, -0.2) is 22.1 Å². The summed E-state index contributed by atoms with van der Waals surface area (Å²) in [5, 5.41) is 0.805. The second-order valence-electron chi connectivity index (χ2n) is 6.02. The highest BCUT2D eigenvalue weighted by Crippen LogP contribution is 2.39. The van der Waals surface area contributed by atoms with Crippen LogP contribution in [0, 0.1) is 0 Å². The molecule has 0 amide bonds. The van der Waals surface area contributed by atoms with E-state index in [4.69, 9.17) is 0 Å². The standard InChI is InChI=1S/C17H21N3S/c1-17(2)10-5-6-13-20(17)14-8-3-4-9-15(14)21-16-18-11-7-12-19-16/h3-4,7-9,11-12H,5-6,10,13H2,1-2H3. The Balaban J connectivity index is 1.92. The summed E-state index contributed by atoms with van der Waals surface area (Å²) in [6.45, 7) is 5.81. The van der Waals surface area contributed by atoms with Crippen LogP contribution < -0.4 is 4.90 Å². The molecular weight excluding hydrogens is 278 g/mol. The van der Waals surface area contributed by atoms with E-state index in [1.165, 1.54) is 29.8 Å². The highest BCUT2D eigenvalue weighted by atomic mass is 32.2. The van der Waals surface area contributed by atoms with Crippen molar-refractivity contribution in [1.29, 1.82) is 0 Å². The largest absolute Gasteiger partial charge is 0.365 e. The van der Waals surface area contributed by atoms with E-state index in [-0.39, 0.29) is 5.54 Å². The Morgan fingerprint density at radius 1 is 1.05 bits per heavy atom. The molecule has 3 rings (SSSR count). The third-order valence-electron chi connectivity index (χ3n) is 4.05. The number of benzene rings is 1. The molecule has 0 saturated carbocycles. The second kappa shape index (κ2) is 6.06. The number of hydrogen-bond donors (Lipinski definition) is 0. The first-order chi connectivity index (χ1) is 10.2. The zero-order chi connectivity index (χ0) is 14.7. The first-order valence-corrected chi connectivity index (χ1v) is 8.30. The number of rotatable bonds is 3. The smallest absolute Gasteiger partial charge is 0.192 e. The maximum Gasteiger partial charge on any atom is 0.192 e. The van der Waals surface area contributed by atoms with Gasteiger partial charge in [0, 0.05) is 29.4 Å². The monoisotopic (exact) mass is 299 g/mol. The highest BCUT2D eigenvalue weighted by molar-refractivity contribution is 7.99. The molecule has 2 aromatic rings. The Labute approximate surface area is 130 Å². The van der Waals surface area contributed by atoms with Crippen LogP contribution in [0.4, 0.5) is 5.69 Å². The number of aromatic nitrogens is 2. The second-order valence-corrected chi connectivity index (χ2v) is 7.03. The summed E-state index contributed by atoms with van der Waals surface area (Å²) in [4.78, 5) is 12.4. The van der Waals surface area contributed by atoms with Gasteiger partial charge in [-0.05, 0) is 63.1 Å². The van der Waals surface area contributed by atoms with Gasteiger partial charge in [0.1, 0.15) is 0 Å². The van der Waals surface area contributed by atoms with E-state index in [0.717, 1.165) is 11.7 Å². The van der Waals surface area contributed by atoms with Gasteiger partial charge >= 0.3 is 0 Å². The van der Waals surface area contributed by atoms with E-state index in [0.29, 0.717) is 0 Å². The lowest BCUT2D eigenvalue weighted by Crippen LogP contribution is -2.47. The fourth-order valence-electron chi connectivity index (χ4n) is 2.91. The fourth-order valence-corrected chi connectivity index (χ4v) is 3.77. The van der Waals surface area contributed by atoms with Crippen LogP contribution in [0.1, 0.15) is 33.1 Å². The van der Waals surface area contributed by atoms with Crippen molar-refractivity contribution in [1.82, 2.24) is 9.97 Å². The van der Waals surface area contributed by atoms with Crippen molar-refractivity contribution in [3.8, 4) is 0 Å². The van der Waals surface area contributed by atoms with E-state index in [2.05, 4.69) is 53.0 Å². The Bertz CT molecular complexity index is 598. The first kappa shape index (κ1) is 14.4. The van der Waals surface area contributed by atoms with E-state index in [9.17, 15) is 0 Å². The van der Waals surface area contributed by atoms with Gasteiger partial charge in [-0.2, -0.15) is 0 Å². The number of para-hydroxylation sites is 1. The van der Waals surface area contributed by atoms with Gasteiger partial charge in [0.25, 0.3) is 0 Å². The van der Waals surface area contributed by atoms with E-state index in [1.807, 2.05) is 6.07 Å². The van der Waals surface area contributed by atoms with Crippen LogP contribution in [0.15, 0.2) is 52.8 Å². The lowest BCUT2D eigenvalue weighted by molar-refractivity contribution is 0.360. The molecule has 0 N–H and O–H groups in total. The topological polar surface area (TPSA) is 29.0 Å². The molecule has 1 saturated heterocycles. The normalized spacial score (nSPS) is 17.7. The van der Waals surface area contributed by atoms with Crippen LogP contribution >= 0.6 is 11.8 Å². The molecule has 0 atom stereocenters. The van der Waals surface area contributed by atoms with Gasteiger partial charge in [-0.3, -0.25) is 0 Å². The van der Waals surface area contributed by atoms with Crippen molar-refractivity contribution in [3.63, 3.8) is 0 Å². The van der Waals surface area contributed by atoms with E-state index < -0.39 is 0 Å². The van der Waals surface area contributed by atoms with Crippen molar-refractivity contribution < 1.29 is 0 Å². The lowest BCUT2D eigenvalue weighted by atomic mass is 9.90. The molecule has 1 aliphatic heterocycles. The average Bonchev–Trinajstić information content (AvgIpc) is 2.49. The van der Waals surface area contributed by atoms with Crippen LogP contribution in [0.3, 0.4) is 0 Å². The summed E-state index contributed by atoms with van der Waals surface area (Å²) in [6.07, 6.45) is 7.42. The third-order valence-corrected chi connectivity index (χ3v) is 5.01. The van der Waals surface area contributed by atoms with Gasteiger partial charge in [-0.1, -0.05) is 12.1 Å². The SMILES string of the molecule is CC1(C)CCCCN1c1ccccc1Sc1ncccn1. The predicted molar refractivity (Wildman–Crippen MR) is 87.9 cm³/mol. The van der Waals surface area contributed by atoms with Crippen molar-refractivity contribution in [2.75, 3.05) is 11.4 Å². The summed E-state index contributed by atoms with van der Waals surface area (Å²) < 4.78 is 0. The molecule has 0 aliphatic carbocycles. The molecule has 4 heteroatoms. The van der Waals surface area contributed by atoms with Crippen molar-refractivity contribution in [2.45, 2.75) is 48.7 Å². The van der Waals surface area contributed by atoms with Crippen molar-refractivity contribution in [3.05, 3.63) is 42.7 Å². The van der Waals surface area contributed by atoms with Gasteiger partial charge in [-0.15, -0.1) is 0 Å². The van der Waals surface area contributed by atoms with Crippen LogP contribution in [-0.2, 0) is 0 Å². The predicted octanol–water partition coefficient (Wildman–Crippen LogP) is 4.40. The first-order valence-electron chi connectivity index (χ1n) is 7.48. The average molecular weight is 299 g/mol. The molecule has 0 spiro atoms. The van der Waals surface area contributed by atoms with Crippen LogP contribution in [0.2, 0.25) is 0 Å². The minimum absolute atomic E-state index is 0.215. The minimum atomic E-state index is 0.215. The van der Waals surface area contributed by atoms with Crippen molar-refractivity contribution >= 4 is 17.4 Å². The van der Waals surface area contributed by atoms with E-state index >= 15 is 0 Å². The van der Waals surface area contributed by atoms with Gasteiger partial charge < -0.3 is 4.90 Å². The molecule has 110 valence electrons. The molecule has 21 heavy (non-hydrogen) atoms. The highest BCUT2D eigenvalue weighted by Gasteiger charge is 2.31. The molecule has 3 nitrogen and oxygen atoms in total. The summed E-state index contributed by atoms with van der Waals surface area (Å²) in [7, 11) is 0. The zero-order valence-electron chi connectivity index (χ0n) is 12.6. The van der Waals surface area contributed by atoms with E-state index in [1.54, 1.807) is 24.2 Å². The maximum absolute atomic E-state index is 4.33. The number of nitrogens with zero attached hydrogens (tertiary/aromatic N) is 3. The fraction of sp³-hybridized carbons (Fsp3) is 0.412. The van der Waals surface area contributed by atoms with Gasteiger partial charge in [0.05, 0.1) is 5.69 Å². The summed E-state index contributed by atoms with van der Waals surface area (Å²) in [6, 6.07) is 10.4. The molecule has 0 unspecified atom stereocenters. The van der Waals surface area contributed by atoms with Crippen LogP contribution in [0.25, 0.3) is 0 Å². The molecule has 1 aromatic carbocycles. The van der Waals surface area contributed by atoms with Gasteiger partial charge in [0.2, 0.25) is 0 Å². The summed E-state index contributed by atoms with van der Waals surface area (Å²) in [5.74, 6) is 0. The molecule has 1 aromatic heterocycles. The maximum atomic E-state index is 4.33. The molecule has 2 heterocycles. The quantitative estimate of drug-likeness (QED) is 0.786. The Kier molecular flexibility index (Phi) is 4.15. The third kappa shape index (κ3) is 3.21.